The summed E-state index contributed by atoms with van der Waals surface area (Å²) in [5, 5.41) is 3.45. The van der Waals surface area contributed by atoms with Crippen LogP contribution < -0.4 is 5.43 Å². The third-order valence-electron chi connectivity index (χ3n) is 0.790. The van der Waals surface area contributed by atoms with Gasteiger partial charge in [0.05, 0.1) is 0 Å². The van der Waals surface area contributed by atoms with Crippen LogP contribution >= 0.6 is 0 Å². The summed E-state index contributed by atoms with van der Waals surface area (Å²) in [6.45, 7) is 8.67. The Hall–Kier alpha value is -1.12. The highest BCUT2D eigenvalue weighted by atomic mass is 15.3. The zero-order chi connectivity index (χ0) is 7.11. The molecule has 0 rings (SSSR count). The lowest BCUT2D eigenvalue weighted by Crippen LogP contribution is -2.14. The topological polar surface area (TPSA) is 36.8 Å². The molecule has 3 heteroatoms. The van der Waals surface area contributed by atoms with Gasteiger partial charge in [-0.2, -0.15) is 5.10 Å². The summed E-state index contributed by atoms with van der Waals surface area (Å²) in [5.41, 5.74) is 2.63. The van der Waals surface area contributed by atoms with Gasteiger partial charge in [0, 0.05) is 19.3 Å². The summed E-state index contributed by atoms with van der Waals surface area (Å²) in [4.78, 5) is 3.87. The zero-order valence-electron chi connectivity index (χ0n) is 5.59. The van der Waals surface area contributed by atoms with Crippen molar-refractivity contribution in [3.8, 4) is 0 Å². The van der Waals surface area contributed by atoms with E-state index in [0.717, 1.165) is 12.3 Å². The first-order chi connectivity index (χ1) is 4.35. The van der Waals surface area contributed by atoms with E-state index in [1.165, 1.54) is 6.20 Å². The fraction of sp³-hybridized carbons (Fsp3) is 0.333. The average Bonchev–Trinajstić information content (AvgIpc) is 1.88. The Kier molecular flexibility index (Phi) is 4.40. The molecule has 0 bridgehead atoms. The van der Waals surface area contributed by atoms with Gasteiger partial charge in [0.1, 0.15) is 5.84 Å². The number of hydrogen-bond acceptors (Lipinski definition) is 2. The number of hydrogen-bond donors (Lipinski definition) is 1. The van der Waals surface area contributed by atoms with E-state index in [1.807, 2.05) is 6.92 Å². The van der Waals surface area contributed by atoms with E-state index < -0.39 is 0 Å². The van der Waals surface area contributed by atoms with E-state index >= 15 is 0 Å². The predicted molar refractivity (Wildman–Crippen MR) is 40.6 cm³/mol. The van der Waals surface area contributed by atoms with Crippen LogP contribution in [0.5, 0.6) is 0 Å². The smallest absolute Gasteiger partial charge is 0.121 e. The molecule has 9 heavy (non-hydrogen) atoms. The highest BCUT2D eigenvalue weighted by Gasteiger charge is 1.86. The number of aliphatic imine (C=N–C) groups is 1. The molecule has 0 spiro atoms. The van der Waals surface area contributed by atoms with Gasteiger partial charge in [-0.1, -0.05) is 13.5 Å². The molecule has 0 heterocycles. The Bertz CT molecular complexity index is 126. The molecule has 0 radical (unpaired) electrons. The molecule has 1 N–H and O–H groups in total. The van der Waals surface area contributed by atoms with Gasteiger partial charge in [0.2, 0.25) is 0 Å². The number of amidine groups is 1. The molecule has 0 saturated carbocycles. The lowest BCUT2D eigenvalue weighted by atomic mass is 10.4. The van der Waals surface area contributed by atoms with Crippen molar-refractivity contribution in [3.63, 3.8) is 0 Å². The minimum absolute atomic E-state index is 0.778. The van der Waals surface area contributed by atoms with Gasteiger partial charge >= 0.3 is 0 Å². The Morgan fingerprint density at radius 3 is 2.78 bits per heavy atom. The number of nitrogens with zero attached hydrogens (tertiary/aromatic N) is 2. The minimum atomic E-state index is 0.778. The van der Waals surface area contributed by atoms with Crippen LogP contribution in [0, 0.1) is 0 Å². The van der Waals surface area contributed by atoms with Gasteiger partial charge in [0.15, 0.2) is 0 Å². The van der Waals surface area contributed by atoms with Crippen molar-refractivity contribution in [1.29, 1.82) is 0 Å². The third-order valence-corrected chi connectivity index (χ3v) is 0.790. The van der Waals surface area contributed by atoms with E-state index in [2.05, 4.69) is 28.8 Å². The minimum Gasteiger partial charge on any atom is -0.266 e. The van der Waals surface area contributed by atoms with Gasteiger partial charge < -0.3 is 0 Å². The molecule has 0 amide bonds. The maximum absolute atomic E-state index is 3.87. The lowest BCUT2D eigenvalue weighted by Gasteiger charge is -1.96. The maximum Gasteiger partial charge on any atom is 0.121 e. The van der Waals surface area contributed by atoms with E-state index in [4.69, 9.17) is 0 Å². The number of nitrogens with one attached hydrogen (secondary N) is 1. The first-order valence-corrected chi connectivity index (χ1v) is 2.74. The highest BCUT2D eigenvalue weighted by molar-refractivity contribution is 5.82. The third kappa shape index (κ3) is 3.46. The van der Waals surface area contributed by atoms with E-state index in [1.54, 1.807) is 0 Å². The van der Waals surface area contributed by atoms with E-state index in [0.29, 0.717) is 0 Å². The van der Waals surface area contributed by atoms with Crippen LogP contribution in [0.25, 0.3) is 0 Å². The molecule has 0 unspecified atom stereocenters. The largest absolute Gasteiger partial charge is 0.266 e. The van der Waals surface area contributed by atoms with Crippen molar-refractivity contribution in [2.45, 2.75) is 13.3 Å². The molecule has 0 aromatic carbocycles. The van der Waals surface area contributed by atoms with Crippen molar-refractivity contribution < 1.29 is 0 Å². The van der Waals surface area contributed by atoms with Crippen LogP contribution in [0.15, 0.2) is 22.9 Å². The summed E-state index contributed by atoms with van der Waals surface area (Å²) in [6, 6.07) is 0. The molecule has 0 aliphatic carbocycles. The van der Waals surface area contributed by atoms with Crippen molar-refractivity contribution in [3.05, 3.63) is 12.8 Å². The molecule has 50 valence electrons. The highest BCUT2D eigenvalue weighted by Crippen LogP contribution is 1.81. The average molecular weight is 125 g/mol. The fourth-order valence-corrected chi connectivity index (χ4v) is 0.401. The fourth-order valence-electron chi connectivity index (χ4n) is 0.401. The van der Waals surface area contributed by atoms with Crippen molar-refractivity contribution >= 4 is 12.6 Å². The van der Waals surface area contributed by atoms with Gasteiger partial charge in [-0.25, -0.2) is 4.99 Å². The van der Waals surface area contributed by atoms with Gasteiger partial charge in [-0.15, -0.1) is 0 Å². The number of hydrazone groups is 1. The first-order valence-electron chi connectivity index (χ1n) is 2.74. The lowest BCUT2D eigenvalue weighted by molar-refractivity contribution is 0.989. The summed E-state index contributed by atoms with van der Waals surface area (Å²) in [7, 11) is 0. The Morgan fingerprint density at radius 1 is 1.78 bits per heavy atom. The molecule has 0 fully saturated rings. The monoisotopic (exact) mass is 125 g/mol. The molecule has 0 aliphatic heterocycles. The summed E-state index contributed by atoms with van der Waals surface area (Å²) < 4.78 is 0. The van der Waals surface area contributed by atoms with Gasteiger partial charge in [0.25, 0.3) is 0 Å². The second kappa shape index (κ2) is 5.03. The molecule has 0 saturated heterocycles. The Morgan fingerprint density at radius 2 is 2.44 bits per heavy atom. The molecular weight excluding hydrogens is 114 g/mol. The van der Waals surface area contributed by atoms with Crippen LogP contribution in [0.3, 0.4) is 0 Å². The molecule has 0 atom stereocenters. The molecule has 0 aliphatic rings. The molecule has 3 nitrogen and oxygen atoms in total. The maximum atomic E-state index is 3.87. The summed E-state index contributed by atoms with van der Waals surface area (Å²) >= 11 is 0. The number of rotatable bonds is 3. The summed E-state index contributed by atoms with van der Waals surface area (Å²) in [6.07, 6.45) is 2.28. The van der Waals surface area contributed by atoms with E-state index in [-0.39, 0.29) is 0 Å². The van der Waals surface area contributed by atoms with Crippen LogP contribution in [0.1, 0.15) is 13.3 Å². The van der Waals surface area contributed by atoms with Crippen molar-refractivity contribution in [2.24, 2.45) is 10.1 Å². The quantitative estimate of drug-likeness (QED) is 0.343. The molecule has 0 aromatic heterocycles. The SMILES string of the molecule is C=C/N=C(\CC)NN=C. The second-order valence-electron chi connectivity index (χ2n) is 1.38. The van der Waals surface area contributed by atoms with Crippen LogP contribution in [-0.4, -0.2) is 12.6 Å². The Labute approximate surface area is 55.2 Å². The van der Waals surface area contributed by atoms with Crippen LogP contribution in [0.4, 0.5) is 0 Å². The first kappa shape index (κ1) is 7.88. The predicted octanol–water partition coefficient (Wildman–Crippen LogP) is 1.14. The molecule has 0 aromatic rings. The van der Waals surface area contributed by atoms with Gasteiger partial charge in [-0.05, 0) is 0 Å². The van der Waals surface area contributed by atoms with Crippen molar-refractivity contribution in [2.75, 3.05) is 0 Å². The molecular formula is C6H11N3. The Balaban J connectivity index is 3.79. The van der Waals surface area contributed by atoms with Crippen LogP contribution in [-0.2, 0) is 0 Å². The van der Waals surface area contributed by atoms with Gasteiger partial charge in [-0.3, -0.25) is 5.43 Å². The standard InChI is InChI=1S/C6H11N3/c1-4-6(8-5-2)9-7-3/h5H,2-4H2,1H3,(H,8,9). The zero-order valence-corrected chi connectivity index (χ0v) is 5.59. The van der Waals surface area contributed by atoms with Crippen molar-refractivity contribution in [1.82, 2.24) is 5.43 Å². The van der Waals surface area contributed by atoms with Crippen LogP contribution in [0.2, 0.25) is 0 Å². The van der Waals surface area contributed by atoms with E-state index in [9.17, 15) is 0 Å². The normalized spacial score (nSPS) is 10.6. The second-order valence-corrected chi connectivity index (χ2v) is 1.38. The summed E-state index contributed by atoms with van der Waals surface area (Å²) in [5.74, 6) is 0.778.